The first-order chi connectivity index (χ1) is 14.6. The first kappa shape index (κ1) is 18.7. The zero-order chi connectivity index (χ0) is 20.8. The number of hydrogen-bond donors (Lipinski definition) is 0. The van der Waals surface area contributed by atoms with Crippen LogP contribution < -0.4 is 4.74 Å². The van der Waals surface area contributed by atoms with Crippen LogP contribution >= 0.6 is 0 Å². The summed E-state index contributed by atoms with van der Waals surface area (Å²) in [7, 11) is 1.75. The summed E-state index contributed by atoms with van der Waals surface area (Å²) in [6.45, 7) is 6.48. The van der Waals surface area contributed by atoms with Gasteiger partial charge in [0, 0.05) is 22.8 Å². The molecule has 4 aromatic rings. The van der Waals surface area contributed by atoms with Crippen LogP contribution in [0.2, 0.25) is 0 Å². The van der Waals surface area contributed by atoms with Gasteiger partial charge in [-0.2, -0.15) is 0 Å². The molecular formula is C28H26O2. The lowest BCUT2D eigenvalue weighted by Crippen LogP contribution is -1.97. The topological polar surface area (TPSA) is 22.4 Å². The number of aryl methyl sites for hydroxylation is 3. The van der Waals surface area contributed by atoms with E-state index >= 15 is 0 Å². The van der Waals surface area contributed by atoms with E-state index < -0.39 is 0 Å². The van der Waals surface area contributed by atoms with Crippen LogP contribution in [0.1, 0.15) is 40.5 Å². The Labute approximate surface area is 177 Å². The standard InChI is InChI=1S/C28H26O2/c1-5-19-10-11-20-14-23(28-24-9-7-6-8-21(24)16-30-28)15-25(20)26(19)22-12-17(2)27(29-4)18(3)13-22/h6-13,15-16H,5,14H2,1-4H3. The molecule has 150 valence electrons. The SMILES string of the molecule is CCc1ccc2c(c1-c1cc(C)c(OC)c(C)c1)C=C(c1occ3ccccc13)C2. The van der Waals surface area contributed by atoms with E-state index in [0.29, 0.717) is 0 Å². The van der Waals surface area contributed by atoms with Crippen molar-refractivity contribution in [2.45, 2.75) is 33.6 Å². The minimum Gasteiger partial charge on any atom is -0.496 e. The van der Waals surface area contributed by atoms with E-state index in [2.05, 4.69) is 75.4 Å². The molecule has 0 saturated heterocycles. The van der Waals surface area contributed by atoms with Crippen molar-refractivity contribution in [1.29, 1.82) is 0 Å². The zero-order valence-electron chi connectivity index (χ0n) is 18.0. The predicted octanol–water partition coefficient (Wildman–Crippen LogP) is 7.38. The van der Waals surface area contributed by atoms with Gasteiger partial charge in [0.05, 0.1) is 13.4 Å². The number of benzene rings is 3. The average Bonchev–Trinajstić information content (AvgIpc) is 3.36. The van der Waals surface area contributed by atoms with Crippen LogP contribution in [-0.2, 0) is 12.8 Å². The monoisotopic (exact) mass is 394 g/mol. The molecule has 1 heterocycles. The van der Waals surface area contributed by atoms with Gasteiger partial charge in [0.15, 0.2) is 0 Å². The molecule has 0 bridgehead atoms. The van der Waals surface area contributed by atoms with Gasteiger partial charge in [-0.25, -0.2) is 0 Å². The van der Waals surface area contributed by atoms with E-state index in [1.54, 1.807) is 7.11 Å². The molecule has 0 atom stereocenters. The predicted molar refractivity (Wildman–Crippen MR) is 125 cm³/mol. The van der Waals surface area contributed by atoms with E-state index in [1.807, 2.05) is 6.26 Å². The number of hydrogen-bond acceptors (Lipinski definition) is 2. The molecule has 2 nitrogen and oxygen atoms in total. The molecule has 1 aliphatic rings. The van der Waals surface area contributed by atoms with Crippen molar-refractivity contribution < 1.29 is 9.15 Å². The summed E-state index contributed by atoms with van der Waals surface area (Å²) in [6, 6.07) is 17.5. The molecule has 0 N–H and O–H groups in total. The summed E-state index contributed by atoms with van der Waals surface area (Å²) in [5.74, 6) is 1.97. The average molecular weight is 395 g/mol. The van der Waals surface area contributed by atoms with Crippen molar-refractivity contribution in [2.75, 3.05) is 7.11 Å². The highest BCUT2D eigenvalue weighted by atomic mass is 16.5. The largest absolute Gasteiger partial charge is 0.496 e. The number of ether oxygens (including phenoxy) is 1. The molecular weight excluding hydrogens is 368 g/mol. The molecule has 0 spiro atoms. The summed E-state index contributed by atoms with van der Waals surface area (Å²) in [5.41, 5.74) is 10.3. The highest BCUT2D eigenvalue weighted by Gasteiger charge is 2.23. The Morgan fingerprint density at radius 3 is 2.50 bits per heavy atom. The van der Waals surface area contributed by atoms with Gasteiger partial charge >= 0.3 is 0 Å². The summed E-state index contributed by atoms with van der Waals surface area (Å²) in [4.78, 5) is 0. The Bertz CT molecular complexity index is 1280. The number of fused-ring (bicyclic) bond motifs is 2. The van der Waals surface area contributed by atoms with Gasteiger partial charge in [-0.3, -0.25) is 0 Å². The lowest BCUT2D eigenvalue weighted by atomic mass is 9.89. The molecule has 5 rings (SSSR count). The second kappa shape index (κ2) is 7.21. The van der Waals surface area contributed by atoms with Gasteiger partial charge in [0.2, 0.25) is 0 Å². The van der Waals surface area contributed by atoms with Gasteiger partial charge in [0.25, 0.3) is 0 Å². The van der Waals surface area contributed by atoms with Crippen LogP contribution in [0.25, 0.3) is 33.5 Å². The number of rotatable bonds is 4. The molecule has 1 aromatic heterocycles. The van der Waals surface area contributed by atoms with Crippen LogP contribution in [-0.4, -0.2) is 7.11 Å². The van der Waals surface area contributed by atoms with Gasteiger partial charge in [-0.05, 0) is 77.4 Å². The first-order valence-corrected chi connectivity index (χ1v) is 10.6. The Hall–Kier alpha value is -3.26. The van der Waals surface area contributed by atoms with E-state index in [1.165, 1.54) is 49.9 Å². The minimum absolute atomic E-state index is 0.901. The maximum Gasteiger partial charge on any atom is 0.138 e. The van der Waals surface area contributed by atoms with E-state index in [0.717, 1.165) is 29.7 Å². The Morgan fingerprint density at radius 1 is 1.00 bits per heavy atom. The van der Waals surface area contributed by atoms with Gasteiger partial charge in [0.1, 0.15) is 11.5 Å². The quantitative estimate of drug-likeness (QED) is 0.360. The summed E-state index contributed by atoms with van der Waals surface area (Å²) in [6.07, 6.45) is 6.10. The zero-order valence-corrected chi connectivity index (χ0v) is 18.0. The van der Waals surface area contributed by atoms with Crippen LogP contribution in [0.15, 0.2) is 59.2 Å². The second-order valence-electron chi connectivity index (χ2n) is 8.17. The fourth-order valence-electron chi connectivity index (χ4n) is 4.90. The molecule has 0 saturated carbocycles. The fourth-order valence-corrected chi connectivity index (χ4v) is 4.90. The fraction of sp³-hybridized carbons (Fsp3) is 0.214. The van der Waals surface area contributed by atoms with Crippen molar-refractivity contribution in [3.05, 3.63) is 88.4 Å². The number of allylic oxidation sites excluding steroid dienone is 1. The molecule has 0 unspecified atom stereocenters. The molecule has 0 fully saturated rings. The Morgan fingerprint density at radius 2 is 1.77 bits per heavy atom. The highest BCUT2D eigenvalue weighted by molar-refractivity contribution is 6.01. The third-order valence-corrected chi connectivity index (χ3v) is 6.26. The second-order valence-corrected chi connectivity index (χ2v) is 8.17. The van der Waals surface area contributed by atoms with Crippen LogP contribution in [0.3, 0.4) is 0 Å². The lowest BCUT2D eigenvalue weighted by Gasteiger charge is -2.17. The molecule has 30 heavy (non-hydrogen) atoms. The maximum absolute atomic E-state index is 6.02. The minimum atomic E-state index is 0.901. The van der Waals surface area contributed by atoms with E-state index in [9.17, 15) is 0 Å². The van der Waals surface area contributed by atoms with Crippen LogP contribution in [0.4, 0.5) is 0 Å². The third-order valence-electron chi connectivity index (χ3n) is 6.26. The van der Waals surface area contributed by atoms with Crippen molar-refractivity contribution in [1.82, 2.24) is 0 Å². The first-order valence-electron chi connectivity index (χ1n) is 10.6. The molecule has 1 aliphatic carbocycles. The smallest absolute Gasteiger partial charge is 0.138 e. The van der Waals surface area contributed by atoms with Gasteiger partial charge in [-0.1, -0.05) is 43.3 Å². The molecule has 0 amide bonds. The van der Waals surface area contributed by atoms with E-state index in [-0.39, 0.29) is 0 Å². The van der Waals surface area contributed by atoms with E-state index in [4.69, 9.17) is 9.15 Å². The summed E-state index contributed by atoms with van der Waals surface area (Å²) in [5, 5.41) is 2.34. The maximum atomic E-state index is 6.02. The molecule has 0 radical (unpaired) electrons. The highest BCUT2D eigenvalue weighted by Crippen LogP contribution is 2.42. The van der Waals surface area contributed by atoms with Crippen LogP contribution in [0, 0.1) is 13.8 Å². The van der Waals surface area contributed by atoms with Gasteiger partial charge < -0.3 is 9.15 Å². The molecule has 2 heteroatoms. The van der Waals surface area contributed by atoms with Crippen molar-refractivity contribution >= 4 is 22.4 Å². The number of methoxy groups -OCH3 is 1. The van der Waals surface area contributed by atoms with Crippen molar-refractivity contribution in [3.63, 3.8) is 0 Å². The Kier molecular flexibility index (Phi) is 4.51. The van der Waals surface area contributed by atoms with Gasteiger partial charge in [-0.15, -0.1) is 0 Å². The molecule has 3 aromatic carbocycles. The third kappa shape index (κ3) is 2.87. The normalized spacial score (nSPS) is 12.9. The molecule has 0 aliphatic heterocycles. The van der Waals surface area contributed by atoms with Crippen molar-refractivity contribution in [3.8, 4) is 16.9 Å². The lowest BCUT2D eigenvalue weighted by molar-refractivity contribution is 0.408. The van der Waals surface area contributed by atoms with Crippen LogP contribution in [0.5, 0.6) is 5.75 Å². The van der Waals surface area contributed by atoms with Crippen molar-refractivity contribution in [2.24, 2.45) is 0 Å². The summed E-state index contributed by atoms with van der Waals surface area (Å²) < 4.78 is 11.6. The summed E-state index contributed by atoms with van der Waals surface area (Å²) >= 11 is 0. The Balaban J connectivity index is 1.70. The number of furan rings is 1.